The lowest BCUT2D eigenvalue weighted by Crippen LogP contribution is -2.10. The van der Waals surface area contributed by atoms with Crippen LogP contribution in [-0.4, -0.2) is 14.7 Å². The standard InChI is InChI=1S/C14H18N4O2/c1-9(14-10(2)16-17(4)11(14)3)15-12-7-5-6-8-13(12)18(19)20/h5-9,15H,1-4H3. The van der Waals surface area contributed by atoms with E-state index in [2.05, 4.69) is 10.4 Å². The van der Waals surface area contributed by atoms with Gasteiger partial charge >= 0.3 is 0 Å². The summed E-state index contributed by atoms with van der Waals surface area (Å²) in [4.78, 5) is 10.6. The minimum Gasteiger partial charge on any atom is -0.373 e. The van der Waals surface area contributed by atoms with E-state index in [1.54, 1.807) is 18.2 Å². The van der Waals surface area contributed by atoms with E-state index in [0.717, 1.165) is 17.0 Å². The largest absolute Gasteiger partial charge is 0.373 e. The number of nitrogens with zero attached hydrogens (tertiary/aromatic N) is 3. The molecule has 0 radical (unpaired) electrons. The van der Waals surface area contributed by atoms with Crippen molar-refractivity contribution in [1.29, 1.82) is 0 Å². The molecule has 1 atom stereocenters. The molecule has 6 heteroatoms. The van der Waals surface area contributed by atoms with Crippen LogP contribution in [0.5, 0.6) is 0 Å². The molecule has 20 heavy (non-hydrogen) atoms. The fourth-order valence-corrected chi connectivity index (χ4v) is 2.48. The summed E-state index contributed by atoms with van der Waals surface area (Å²) >= 11 is 0. The van der Waals surface area contributed by atoms with E-state index in [4.69, 9.17) is 0 Å². The van der Waals surface area contributed by atoms with E-state index in [9.17, 15) is 10.1 Å². The van der Waals surface area contributed by atoms with Crippen LogP contribution < -0.4 is 5.32 Å². The molecule has 1 N–H and O–H groups in total. The van der Waals surface area contributed by atoms with E-state index < -0.39 is 0 Å². The van der Waals surface area contributed by atoms with Gasteiger partial charge < -0.3 is 5.32 Å². The molecule has 0 fully saturated rings. The molecular weight excluding hydrogens is 256 g/mol. The first kappa shape index (κ1) is 14.0. The highest BCUT2D eigenvalue weighted by Gasteiger charge is 2.19. The highest BCUT2D eigenvalue weighted by atomic mass is 16.6. The molecule has 1 aromatic heterocycles. The predicted octanol–water partition coefficient (Wildman–Crippen LogP) is 3.12. The van der Waals surface area contributed by atoms with Crippen molar-refractivity contribution in [3.05, 3.63) is 51.3 Å². The fourth-order valence-electron chi connectivity index (χ4n) is 2.48. The van der Waals surface area contributed by atoms with E-state index >= 15 is 0 Å². The van der Waals surface area contributed by atoms with Gasteiger partial charge in [-0.2, -0.15) is 5.10 Å². The lowest BCUT2D eigenvalue weighted by molar-refractivity contribution is -0.384. The van der Waals surface area contributed by atoms with Gasteiger partial charge in [0.05, 0.1) is 16.7 Å². The van der Waals surface area contributed by atoms with Gasteiger partial charge in [-0.05, 0) is 26.8 Å². The van der Waals surface area contributed by atoms with E-state index in [1.807, 2.05) is 32.5 Å². The zero-order valence-electron chi connectivity index (χ0n) is 12.0. The number of nitrogens with one attached hydrogen (secondary N) is 1. The maximum absolute atomic E-state index is 11.0. The molecule has 0 aliphatic heterocycles. The zero-order chi connectivity index (χ0) is 14.9. The second kappa shape index (κ2) is 5.32. The smallest absolute Gasteiger partial charge is 0.292 e. The third-order valence-electron chi connectivity index (χ3n) is 3.47. The summed E-state index contributed by atoms with van der Waals surface area (Å²) in [6.07, 6.45) is 0. The molecular formula is C14H18N4O2. The van der Waals surface area contributed by atoms with Crippen LogP contribution in [0, 0.1) is 24.0 Å². The average Bonchev–Trinajstić information content (AvgIpc) is 2.63. The molecule has 6 nitrogen and oxygen atoms in total. The van der Waals surface area contributed by atoms with Gasteiger partial charge in [-0.15, -0.1) is 0 Å². The van der Waals surface area contributed by atoms with Crippen LogP contribution >= 0.6 is 0 Å². The number of anilines is 1. The van der Waals surface area contributed by atoms with E-state index in [1.165, 1.54) is 6.07 Å². The summed E-state index contributed by atoms with van der Waals surface area (Å²) in [7, 11) is 1.89. The molecule has 1 aromatic carbocycles. The van der Waals surface area contributed by atoms with Crippen LogP contribution in [-0.2, 0) is 7.05 Å². The average molecular weight is 274 g/mol. The summed E-state index contributed by atoms with van der Waals surface area (Å²) in [6.45, 7) is 5.92. The third-order valence-corrected chi connectivity index (χ3v) is 3.47. The first-order valence-electron chi connectivity index (χ1n) is 6.42. The molecule has 0 saturated carbocycles. The quantitative estimate of drug-likeness (QED) is 0.686. The summed E-state index contributed by atoms with van der Waals surface area (Å²) in [5.74, 6) is 0. The molecule has 2 rings (SSSR count). The van der Waals surface area contributed by atoms with Crippen LogP contribution in [0.1, 0.15) is 29.9 Å². The van der Waals surface area contributed by atoms with Gasteiger partial charge in [-0.1, -0.05) is 12.1 Å². The number of para-hydroxylation sites is 2. The summed E-state index contributed by atoms with van der Waals surface area (Å²) in [5, 5.41) is 18.6. The van der Waals surface area contributed by atoms with Crippen LogP contribution in [0.4, 0.5) is 11.4 Å². The molecule has 106 valence electrons. The monoisotopic (exact) mass is 274 g/mol. The Hall–Kier alpha value is -2.37. The van der Waals surface area contributed by atoms with Crippen molar-refractivity contribution >= 4 is 11.4 Å². The van der Waals surface area contributed by atoms with Crippen LogP contribution in [0.2, 0.25) is 0 Å². The minimum atomic E-state index is -0.377. The lowest BCUT2D eigenvalue weighted by atomic mass is 10.1. The second-order valence-corrected chi connectivity index (χ2v) is 4.85. The Kier molecular flexibility index (Phi) is 3.74. The first-order chi connectivity index (χ1) is 9.41. The van der Waals surface area contributed by atoms with Gasteiger partial charge in [0.1, 0.15) is 5.69 Å². The lowest BCUT2D eigenvalue weighted by Gasteiger charge is -2.16. The van der Waals surface area contributed by atoms with Crippen molar-refractivity contribution in [3.63, 3.8) is 0 Å². The molecule has 0 saturated heterocycles. The van der Waals surface area contributed by atoms with Crippen molar-refractivity contribution in [1.82, 2.24) is 9.78 Å². The highest BCUT2D eigenvalue weighted by molar-refractivity contribution is 5.62. The molecule has 1 unspecified atom stereocenters. The third kappa shape index (κ3) is 2.49. The van der Waals surface area contributed by atoms with Gasteiger partial charge in [-0.3, -0.25) is 14.8 Å². The molecule has 0 aliphatic rings. The predicted molar refractivity (Wildman–Crippen MR) is 77.8 cm³/mol. The molecule has 0 spiro atoms. The van der Waals surface area contributed by atoms with Crippen molar-refractivity contribution in [2.75, 3.05) is 5.32 Å². The SMILES string of the molecule is Cc1nn(C)c(C)c1C(C)Nc1ccccc1[N+](=O)[O-]. The van der Waals surface area contributed by atoms with Gasteiger partial charge in [-0.25, -0.2) is 0 Å². The maximum Gasteiger partial charge on any atom is 0.292 e. The highest BCUT2D eigenvalue weighted by Crippen LogP contribution is 2.29. The van der Waals surface area contributed by atoms with Crippen molar-refractivity contribution in [2.45, 2.75) is 26.8 Å². The number of nitro benzene ring substituents is 1. The Balaban J connectivity index is 2.33. The number of aromatic nitrogens is 2. The minimum absolute atomic E-state index is 0.0511. The number of hydrogen-bond donors (Lipinski definition) is 1. The number of rotatable bonds is 4. The Morgan fingerprint density at radius 3 is 2.55 bits per heavy atom. The van der Waals surface area contributed by atoms with Crippen LogP contribution in [0.15, 0.2) is 24.3 Å². The first-order valence-corrected chi connectivity index (χ1v) is 6.42. The van der Waals surface area contributed by atoms with Gasteiger partial charge in [0, 0.05) is 24.4 Å². The molecule has 0 amide bonds. The fraction of sp³-hybridized carbons (Fsp3) is 0.357. The van der Waals surface area contributed by atoms with E-state index in [0.29, 0.717) is 5.69 Å². The van der Waals surface area contributed by atoms with Gasteiger partial charge in [0.2, 0.25) is 0 Å². The number of hydrogen-bond acceptors (Lipinski definition) is 4. The van der Waals surface area contributed by atoms with Gasteiger partial charge in [0.15, 0.2) is 0 Å². The topological polar surface area (TPSA) is 73.0 Å². The van der Waals surface area contributed by atoms with Crippen LogP contribution in [0.25, 0.3) is 0 Å². The summed E-state index contributed by atoms with van der Waals surface area (Å²) in [5.41, 5.74) is 3.67. The van der Waals surface area contributed by atoms with Crippen LogP contribution in [0.3, 0.4) is 0 Å². The Morgan fingerprint density at radius 1 is 1.35 bits per heavy atom. The summed E-state index contributed by atoms with van der Waals surface area (Å²) < 4.78 is 1.82. The maximum atomic E-state index is 11.0. The molecule has 0 aliphatic carbocycles. The number of nitro groups is 1. The molecule has 1 heterocycles. The summed E-state index contributed by atoms with van der Waals surface area (Å²) in [6, 6.07) is 6.61. The normalized spacial score (nSPS) is 12.2. The number of benzene rings is 1. The van der Waals surface area contributed by atoms with Crippen molar-refractivity contribution in [2.24, 2.45) is 7.05 Å². The molecule has 2 aromatic rings. The number of aryl methyl sites for hydroxylation is 2. The second-order valence-electron chi connectivity index (χ2n) is 4.85. The Labute approximate surface area is 117 Å². The van der Waals surface area contributed by atoms with Crippen molar-refractivity contribution in [3.8, 4) is 0 Å². The molecule has 0 bridgehead atoms. The Morgan fingerprint density at radius 2 is 2.00 bits per heavy atom. The van der Waals surface area contributed by atoms with Crippen molar-refractivity contribution < 1.29 is 4.92 Å². The van der Waals surface area contributed by atoms with E-state index in [-0.39, 0.29) is 16.7 Å². The van der Waals surface area contributed by atoms with Gasteiger partial charge in [0.25, 0.3) is 5.69 Å². The Bertz CT molecular complexity index is 649. The zero-order valence-corrected chi connectivity index (χ0v) is 12.0.